The molecule has 0 nitrogen and oxygen atoms in total. The topological polar surface area (TPSA) is 0 Å². The van der Waals surface area contributed by atoms with Gasteiger partial charge in [-0.1, -0.05) is 81.6 Å². The second-order valence-corrected chi connectivity index (χ2v) is 7.55. The van der Waals surface area contributed by atoms with Gasteiger partial charge in [0.05, 0.1) is 0 Å². The molecule has 0 aliphatic rings. The maximum Gasteiger partial charge on any atom is -0.0334 e. The summed E-state index contributed by atoms with van der Waals surface area (Å²) in [5.74, 6) is 5.93. The van der Waals surface area contributed by atoms with Gasteiger partial charge in [0.25, 0.3) is 0 Å². The lowest BCUT2D eigenvalue weighted by atomic mass is 9.65. The Labute approximate surface area is 123 Å². The summed E-state index contributed by atoms with van der Waals surface area (Å²) in [6.45, 7) is 21.9. The van der Waals surface area contributed by atoms with E-state index in [4.69, 9.17) is 0 Å². The maximum absolute atomic E-state index is 2.52. The van der Waals surface area contributed by atoms with Crippen LogP contribution in [-0.2, 0) is 0 Å². The van der Waals surface area contributed by atoms with Crippen LogP contribution in [0.1, 0.15) is 81.6 Å². The fourth-order valence-corrected chi connectivity index (χ4v) is 3.95. The van der Waals surface area contributed by atoms with Crippen LogP contribution in [0, 0.1) is 41.4 Å². The summed E-state index contributed by atoms with van der Waals surface area (Å²) < 4.78 is 0. The highest BCUT2D eigenvalue weighted by Crippen LogP contribution is 2.40. The molecule has 0 heterocycles. The Kier molecular flexibility index (Phi) is 9.03. The van der Waals surface area contributed by atoms with Gasteiger partial charge in [-0.25, -0.2) is 0 Å². The average molecular weight is 269 g/mol. The first-order valence-electron chi connectivity index (χ1n) is 8.77. The molecule has 0 amide bonds. The quantitative estimate of drug-likeness (QED) is 0.439. The number of hydrogen-bond donors (Lipinski definition) is 0. The molecule has 0 aromatic rings. The SMILES string of the molecule is CCCC(C)C(C(C)CC)C(C)C(C)C(C)C(C)C. The molecule has 0 aliphatic carbocycles. The second-order valence-electron chi connectivity index (χ2n) is 7.55. The Balaban J connectivity index is 4.93. The van der Waals surface area contributed by atoms with E-state index >= 15 is 0 Å². The molecule has 6 atom stereocenters. The highest BCUT2D eigenvalue weighted by Gasteiger charge is 2.33. The minimum atomic E-state index is 0.802. The van der Waals surface area contributed by atoms with Crippen molar-refractivity contribution < 1.29 is 0 Å². The van der Waals surface area contributed by atoms with Crippen LogP contribution in [0.5, 0.6) is 0 Å². The molecule has 0 aliphatic heterocycles. The van der Waals surface area contributed by atoms with E-state index in [0.717, 1.165) is 41.4 Å². The van der Waals surface area contributed by atoms with Gasteiger partial charge in [-0.15, -0.1) is 0 Å². The van der Waals surface area contributed by atoms with Crippen molar-refractivity contribution in [3.63, 3.8) is 0 Å². The van der Waals surface area contributed by atoms with Crippen LogP contribution in [0.3, 0.4) is 0 Å². The summed E-state index contributed by atoms with van der Waals surface area (Å²) in [5.41, 5.74) is 0. The van der Waals surface area contributed by atoms with Crippen LogP contribution < -0.4 is 0 Å². The minimum absolute atomic E-state index is 0.802. The van der Waals surface area contributed by atoms with Crippen molar-refractivity contribution in [2.75, 3.05) is 0 Å². The lowest BCUT2D eigenvalue weighted by molar-refractivity contribution is 0.0875. The predicted octanol–water partition coefficient (Wildman–Crippen LogP) is 6.65. The highest BCUT2D eigenvalue weighted by atomic mass is 14.4. The summed E-state index contributed by atoms with van der Waals surface area (Å²) in [6.07, 6.45) is 4.04. The van der Waals surface area contributed by atoms with Crippen molar-refractivity contribution in [2.45, 2.75) is 81.6 Å². The normalized spacial score (nSPS) is 21.8. The van der Waals surface area contributed by atoms with Gasteiger partial charge in [0, 0.05) is 0 Å². The molecule has 0 spiro atoms. The lowest BCUT2D eigenvalue weighted by Crippen LogP contribution is -2.33. The molecule has 0 saturated carbocycles. The highest BCUT2D eigenvalue weighted by molar-refractivity contribution is 4.82. The molecule has 0 fully saturated rings. The molecule has 0 aromatic heterocycles. The van der Waals surface area contributed by atoms with E-state index in [0.29, 0.717) is 0 Å². The van der Waals surface area contributed by atoms with Crippen LogP contribution >= 0.6 is 0 Å². The van der Waals surface area contributed by atoms with Gasteiger partial charge in [-0.05, 0) is 41.4 Å². The Morgan fingerprint density at radius 2 is 1.16 bits per heavy atom. The smallest absolute Gasteiger partial charge is 0.0334 e. The summed E-state index contributed by atoms with van der Waals surface area (Å²) in [4.78, 5) is 0. The Bertz CT molecular complexity index is 218. The lowest BCUT2D eigenvalue weighted by Gasteiger charge is -2.40. The van der Waals surface area contributed by atoms with Gasteiger partial charge < -0.3 is 0 Å². The van der Waals surface area contributed by atoms with Crippen molar-refractivity contribution in [3.05, 3.63) is 0 Å². The minimum Gasteiger partial charge on any atom is -0.0654 e. The molecule has 0 radical (unpaired) electrons. The summed E-state index contributed by atoms with van der Waals surface area (Å²) in [7, 11) is 0. The van der Waals surface area contributed by atoms with E-state index in [1.165, 1.54) is 19.3 Å². The van der Waals surface area contributed by atoms with Crippen LogP contribution in [0.25, 0.3) is 0 Å². The molecule has 0 bridgehead atoms. The molecule has 19 heavy (non-hydrogen) atoms. The fourth-order valence-electron chi connectivity index (χ4n) is 3.95. The zero-order valence-corrected chi connectivity index (χ0v) is 15.2. The molecular formula is C19H40. The Morgan fingerprint density at radius 3 is 1.53 bits per heavy atom. The first kappa shape index (κ1) is 19.0. The van der Waals surface area contributed by atoms with E-state index in [-0.39, 0.29) is 0 Å². The first-order valence-corrected chi connectivity index (χ1v) is 8.77. The van der Waals surface area contributed by atoms with Crippen molar-refractivity contribution >= 4 is 0 Å². The summed E-state index contributed by atoms with van der Waals surface area (Å²) in [5, 5.41) is 0. The molecule has 0 aromatic carbocycles. The van der Waals surface area contributed by atoms with Crippen molar-refractivity contribution in [1.82, 2.24) is 0 Å². The van der Waals surface area contributed by atoms with Gasteiger partial charge in [-0.2, -0.15) is 0 Å². The number of hydrogen-bond acceptors (Lipinski definition) is 0. The molecule has 0 N–H and O–H groups in total. The Morgan fingerprint density at radius 1 is 0.632 bits per heavy atom. The van der Waals surface area contributed by atoms with Crippen LogP contribution in [0.4, 0.5) is 0 Å². The van der Waals surface area contributed by atoms with Crippen molar-refractivity contribution in [1.29, 1.82) is 0 Å². The summed E-state index contributed by atoms with van der Waals surface area (Å²) >= 11 is 0. The predicted molar refractivity (Wildman–Crippen MR) is 89.3 cm³/mol. The standard InChI is InChI=1S/C19H40/c1-10-12-15(6)19(14(5)11-2)18(9)17(8)16(7)13(3)4/h13-19H,10-12H2,1-9H3. The first-order chi connectivity index (χ1) is 8.77. The molecule has 0 rings (SSSR count). The van der Waals surface area contributed by atoms with Crippen LogP contribution in [0.15, 0.2) is 0 Å². The zero-order chi connectivity index (χ0) is 15.2. The summed E-state index contributed by atoms with van der Waals surface area (Å²) in [6, 6.07) is 0. The molecule has 6 unspecified atom stereocenters. The van der Waals surface area contributed by atoms with Gasteiger partial charge in [0.2, 0.25) is 0 Å². The van der Waals surface area contributed by atoms with Crippen LogP contribution in [-0.4, -0.2) is 0 Å². The largest absolute Gasteiger partial charge is 0.0654 e. The van der Waals surface area contributed by atoms with E-state index < -0.39 is 0 Å². The van der Waals surface area contributed by atoms with Gasteiger partial charge in [0.15, 0.2) is 0 Å². The van der Waals surface area contributed by atoms with E-state index in [9.17, 15) is 0 Å². The third kappa shape index (κ3) is 5.48. The number of rotatable bonds is 9. The van der Waals surface area contributed by atoms with E-state index in [1.807, 2.05) is 0 Å². The third-order valence-corrected chi connectivity index (χ3v) is 6.02. The maximum atomic E-state index is 2.52. The monoisotopic (exact) mass is 268 g/mol. The van der Waals surface area contributed by atoms with E-state index in [1.54, 1.807) is 0 Å². The zero-order valence-electron chi connectivity index (χ0n) is 15.2. The van der Waals surface area contributed by atoms with Gasteiger partial charge in [-0.3, -0.25) is 0 Å². The molecule has 0 saturated heterocycles. The van der Waals surface area contributed by atoms with E-state index in [2.05, 4.69) is 62.3 Å². The molecule has 0 heteroatoms. The second kappa shape index (κ2) is 9.03. The van der Waals surface area contributed by atoms with Crippen LogP contribution in [0.2, 0.25) is 0 Å². The van der Waals surface area contributed by atoms with Crippen molar-refractivity contribution in [3.8, 4) is 0 Å². The molecular weight excluding hydrogens is 228 g/mol. The fraction of sp³-hybridized carbons (Fsp3) is 1.00. The Hall–Kier alpha value is 0. The van der Waals surface area contributed by atoms with Gasteiger partial charge in [0.1, 0.15) is 0 Å². The third-order valence-electron chi connectivity index (χ3n) is 6.02. The van der Waals surface area contributed by atoms with Crippen molar-refractivity contribution in [2.24, 2.45) is 41.4 Å². The molecule has 116 valence electrons. The average Bonchev–Trinajstić information content (AvgIpc) is 2.36. The van der Waals surface area contributed by atoms with Gasteiger partial charge >= 0.3 is 0 Å².